The van der Waals surface area contributed by atoms with Gasteiger partial charge in [0.15, 0.2) is 5.82 Å². The van der Waals surface area contributed by atoms with Gasteiger partial charge in [0.25, 0.3) is 0 Å². The first-order valence-electron chi connectivity index (χ1n) is 8.20. The van der Waals surface area contributed by atoms with Crippen LogP contribution in [-0.2, 0) is 28.5 Å². The largest absolute Gasteiger partial charge is 0.491 e. The fraction of sp³-hybridized carbons (Fsp3) is 0.444. The van der Waals surface area contributed by atoms with Crippen molar-refractivity contribution in [2.24, 2.45) is 0 Å². The fourth-order valence-corrected chi connectivity index (χ4v) is 2.58. The average molecular weight is 383 g/mol. The lowest BCUT2D eigenvalue weighted by Gasteiger charge is -2.32. The van der Waals surface area contributed by atoms with Gasteiger partial charge in [-0.25, -0.2) is 14.0 Å². The minimum absolute atomic E-state index is 0.0311. The molecular formula is C18H22FNO7. The van der Waals surface area contributed by atoms with E-state index >= 15 is 0 Å². The van der Waals surface area contributed by atoms with Gasteiger partial charge in [0.2, 0.25) is 0 Å². The van der Waals surface area contributed by atoms with Crippen molar-refractivity contribution in [2.75, 3.05) is 52.8 Å². The Bertz CT molecular complexity index is 720. The van der Waals surface area contributed by atoms with Crippen LogP contribution in [0.5, 0.6) is 5.75 Å². The van der Waals surface area contributed by atoms with Crippen LogP contribution in [0.15, 0.2) is 29.5 Å². The molecule has 0 bridgehead atoms. The molecule has 0 aromatic heterocycles. The molecule has 0 atom stereocenters. The second-order valence-electron chi connectivity index (χ2n) is 5.50. The Morgan fingerprint density at radius 2 is 1.89 bits per heavy atom. The average Bonchev–Trinajstić information content (AvgIpc) is 2.69. The number of nitrogens with zero attached hydrogens (tertiary/aromatic N) is 1. The van der Waals surface area contributed by atoms with Crippen LogP contribution in [-0.4, -0.2) is 59.8 Å². The summed E-state index contributed by atoms with van der Waals surface area (Å²) in [5, 5.41) is 0. The van der Waals surface area contributed by atoms with Crippen LogP contribution >= 0.6 is 0 Å². The molecular weight excluding hydrogens is 361 g/mol. The summed E-state index contributed by atoms with van der Waals surface area (Å²) in [5.74, 6) is -2.02. The number of methoxy groups -OCH3 is 3. The van der Waals surface area contributed by atoms with Crippen LogP contribution in [0.4, 0.5) is 10.1 Å². The van der Waals surface area contributed by atoms with E-state index < -0.39 is 17.8 Å². The summed E-state index contributed by atoms with van der Waals surface area (Å²) < 4.78 is 40.1. The van der Waals surface area contributed by atoms with Gasteiger partial charge in [-0.05, 0) is 12.1 Å². The number of hydrogen-bond acceptors (Lipinski definition) is 8. The molecule has 0 unspecified atom stereocenters. The summed E-state index contributed by atoms with van der Waals surface area (Å²) >= 11 is 0. The normalized spacial score (nSPS) is 14.1. The molecule has 0 aliphatic carbocycles. The van der Waals surface area contributed by atoms with E-state index in [2.05, 4.69) is 0 Å². The van der Waals surface area contributed by atoms with Crippen molar-refractivity contribution in [2.45, 2.75) is 6.42 Å². The summed E-state index contributed by atoms with van der Waals surface area (Å²) in [6, 6.07) is 4.27. The minimum atomic E-state index is -0.813. The highest BCUT2D eigenvalue weighted by atomic mass is 19.1. The lowest BCUT2D eigenvalue weighted by molar-refractivity contribution is -0.140. The molecule has 0 fully saturated rings. The molecule has 27 heavy (non-hydrogen) atoms. The van der Waals surface area contributed by atoms with Crippen molar-refractivity contribution in [3.05, 3.63) is 35.3 Å². The maximum absolute atomic E-state index is 14.7. The SMILES string of the molecule is COCCCOc1cccc(F)c1N1COCC(C(=O)OC)=C1C(=O)OC. The minimum Gasteiger partial charge on any atom is -0.491 e. The number of hydrogen-bond donors (Lipinski definition) is 0. The number of carbonyl (C=O) groups is 2. The van der Waals surface area contributed by atoms with Gasteiger partial charge in [-0.1, -0.05) is 6.07 Å². The molecule has 2 rings (SSSR count). The van der Waals surface area contributed by atoms with E-state index in [1.807, 2.05) is 0 Å². The van der Waals surface area contributed by atoms with Crippen molar-refractivity contribution in [1.82, 2.24) is 0 Å². The summed E-state index contributed by atoms with van der Waals surface area (Å²) in [5.41, 5.74) is -0.247. The fourth-order valence-electron chi connectivity index (χ4n) is 2.58. The lowest BCUT2D eigenvalue weighted by Crippen LogP contribution is -2.39. The molecule has 9 heteroatoms. The number of carbonyl (C=O) groups excluding carboxylic acids is 2. The summed E-state index contributed by atoms with van der Waals surface area (Å²) in [4.78, 5) is 25.6. The summed E-state index contributed by atoms with van der Waals surface area (Å²) in [7, 11) is 3.92. The Balaban J connectivity index is 2.48. The molecule has 1 aromatic rings. The Kier molecular flexibility index (Phi) is 7.56. The van der Waals surface area contributed by atoms with Crippen LogP contribution in [0.1, 0.15) is 6.42 Å². The van der Waals surface area contributed by atoms with Crippen LogP contribution in [0.25, 0.3) is 0 Å². The van der Waals surface area contributed by atoms with Gasteiger partial charge in [-0.15, -0.1) is 0 Å². The van der Waals surface area contributed by atoms with Gasteiger partial charge in [0.1, 0.15) is 23.9 Å². The highest BCUT2D eigenvalue weighted by Crippen LogP contribution is 2.36. The second kappa shape index (κ2) is 9.89. The van der Waals surface area contributed by atoms with Crippen molar-refractivity contribution >= 4 is 17.6 Å². The van der Waals surface area contributed by atoms with Gasteiger partial charge in [-0.3, -0.25) is 0 Å². The number of esters is 2. The number of rotatable bonds is 8. The molecule has 0 saturated heterocycles. The van der Waals surface area contributed by atoms with E-state index in [0.717, 1.165) is 0 Å². The van der Waals surface area contributed by atoms with Crippen LogP contribution in [0.3, 0.4) is 0 Å². The molecule has 8 nitrogen and oxygen atoms in total. The molecule has 0 amide bonds. The lowest BCUT2D eigenvalue weighted by atomic mass is 10.1. The monoisotopic (exact) mass is 383 g/mol. The highest BCUT2D eigenvalue weighted by molar-refractivity contribution is 6.03. The molecule has 1 aliphatic rings. The van der Waals surface area contributed by atoms with E-state index in [0.29, 0.717) is 13.0 Å². The third-order valence-electron chi connectivity index (χ3n) is 3.80. The second-order valence-corrected chi connectivity index (χ2v) is 5.50. The zero-order valence-corrected chi connectivity index (χ0v) is 15.5. The van der Waals surface area contributed by atoms with Gasteiger partial charge in [0.05, 0.1) is 33.0 Å². The standard InChI is InChI=1S/C18H22FNO7/c1-23-8-5-9-27-14-7-4-6-13(19)16(14)20-11-26-10-12(17(21)24-2)15(20)18(22)25-3/h4,6-7H,5,8-11H2,1-3H3. The molecule has 0 spiro atoms. The van der Waals surface area contributed by atoms with Crippen molar-refractivity contribution in [3.63, 3.8) is 0 Å². The molecule has 1 heterocycles. The number of halogens is 1. The van der Waals surface area contributed by atoms with E-state index in [4.69, 9.17) is 23.7 Å². The quantitative estimate of drug-likeness (QED) is 0.495. The number of anilines is 1. The predicted octanol–water partition coefficient (Wildman–Crippen LogP) is 1.64. The third-order valence-corrected chi connectivity index (χ3v) is 3.80. The van der Waals surface area contributed by atoms with E-state index in [-0.39, 0.29) is 42.7 Å². The molecule has 0 radical (unpaired) electrons. The van der Waals surface area contributed by atoms with Crippen molar-refractivity contribution in [3.8, 4) is 5.75 Å². The first kappa shape index (κ1) is 20.7. The molecule has 0 saturated carbocycles. The van der Waals surface area contributed by atoms with Gasteiger partial charge < -0.3 is 28.6 Å². The first-order valence-corrected chi connectivity index (χ1v) is 8.20. The molecule has 1 aromatic carbocycles. The predicted molar refractivity (Wildman–Crippen MR) is 92.7 cm³/mol. The van der Waals surface area contributed by atoms with Gasteiger partial charge in [-0.2, -0.15) is 0 Å². The zero-order chi connectivity index (χ0) is 19.8. The Hall–Kier alpha value is -2.65. The molecule has 0 N–H and O–H groups in total. The molecule has 148 valence electrons. The zero-order valence-electron chi connectivity index (χ0n) is 15.5. The topological polar surface area (TPSA) is 83.5 Å². The third kappa shape index (κ3) is 4.75. The highest BCUT2D eigenvalue weighted by Gasteiger charge is 2.35. The van der Waals surface area contributed by atoms with Crippen LogP contribution in [0, 0.1) is 5.82 Å². The van der Waals surface area contributed by atoms with E-state index in [1.54, 1.807) is 13.2 Å². The smallest absolute Gasteiger partial charge is 0.355 e. The Labute approximate surface area is 156 Å². The van der Waals surface area contributed by atoms with E-state index in [9.17, 15) is 14.0 Å². The number of para-hydroxylation sites is 1. The first-order chi connectivity index (χ1) is 13.0. The summed E-state index contributed by atoms with van der Waals surface area (Å²) in [6.07, 6.45) is 0.593. The van der Waals surface area contributed by atoms with Gasteiger partial charge in [0, 0.05) is 20.1 Å². The Morgan fingerprint density at radius 1 is 1.15 bits per heavy atom. The van der Waals surface area contributed by atoms with E-state index in [1.165, 1.54) is 31.3 Å². The van der Waals surface area contributed by atoms with Gasteiger partial charge >= 0.3 is 11.9 Å². The van der Waals surface area contributed by atoms with Crippen molar-refractivity contribution < 1.29 is 37.7 Å². The maximum Gasteiger partial charge on any atom is 0.355 e. The maximum atomic E-state index is 14.7. The molecule has 1 aliphatic heterocycles. The number of benzene rings is 1. The summed E-state index contributed by atoms with van der Waals surface area (Å²) in [6.45, 7) is 0.434. The van der Waals surface area contributed by atoms with Crippen LogP contribution < -0.4 is 9.64 Å². The Morgan fingerprint density at radius 3 is 2.56 bits per heavy atom. The van der Waals surface area contributed by atoms with Crippen LogP contribution in [0.2, 0.25) is 0 Å². The number of ether oxygens (including phenoxy) is 5. The van der Waals surface area contributed by atoms with Crippen molar-refractivity contribution in [1.29, 1.82) is 0 Å².